The molecule has 6 heteroatoms. The first-order valence-corrected chi connectivity index (χ1v) is 7.98. The highest BCUT2D eigenvalue weighted by Crippen LogP contribution is 2.21. The number of aromatic nitrogens is 1. The van der Waals surface area contributed by atoms with Crippen LogP contribution >= 0.6 is 22.7 Å². The van der Waals surface area contributed by atoms with E-state index < -0.39 is 0 Å². The first-order chi connectivity index (χ1) is 9.29. The van der Waals surface area contributed by atoms with Gasteiger partial charge in [0.15, 0.2) is 5.13 Å². The zero-order chi connectivity index (χ0) is 13.5. The number of nitrogens with zero attached hydrogens (tertiary/aromatic N) is 2. The topological polar surface area (TPSA) is 37.4 Å². The van der Waals surface area contributed by atoms with E-state index in [2.05, 4.69) is 44.5 Å². The molecule has 1 N–H and O–H groups in total. The molecule has 104 valence electrons. The SMILES string of the molecule is COCCNCc1csc(N(C)Cc2ccsc2)n1. The summed E-state index contributed by atoms with van der Waals surface area (Å²) < 4.78 is 4.99. The molecule has 0 unspecified atom stereocenters. The molecule has 0 spiro atoms. The summed E-state index contributed by atoms with van der Waals surface area (Å²) in [5, 5.41) is 10.8. The van der Waals surface area contributed by atoms with Gasteiger partial charge in [0.05, 0.1) is 12.3 Å². The Labute approximate surface area is 122 Å². The van der Waals surface area contributed by atoms with Crippen LogP contribution < -0.4 is 10.2 Å². The number of nitrogens with one attached hydrogen (secondary N) is 1. The van der Waals surface area contributed by atoms with Gasteiger partial charge in [0, 0.05) is 39.2 Å². The maximum Gasteiger partial charge on any atom is 0.185 e. The van der Waals surface area contributed by atoms with Crippen LogP contribution in [-0.4, -0.2) is 32.3 Å². The number of hydrogen-bond donors (Lipinski definition) is 1. The van der Waals surface area contributed by atoms with Crippen LogP contribution in [0.5, 0.6) is 0 Å². The second-order valence-corrected chi connectivity index (χ2v) is 5.90. The van der Waals surface area contributed by atoms with Crippen LogP contribution in [0.15, 0.2) is 22.2 Å². The van der Waals surface area contributed by atoms with Crippen molar-refractivity contribution in [3.8, 4) is 0 Å². The maximum absolute atomic E-state index is 4.99. The summed E-state index contributed by atoms with van der Waals surface area (Å²) in [5.41, 5.74) is 2.43. The summed E-state index contributed by atoms with van der Waals surface area (Å²) in [6.45, 7) is 3.29. The molecule has 0 amide bonds. The highest BCUT2D eigenvalue weighted by molar-refractivity contribution is 7.13. The molecule has 2 rings (SSSR count). The van der Waals surface area contributed by atoms with Crippen LogP contribution in [0.25, 0.3) is 0 Å². The smallest absolute Gasteiger partial charge is 0.185 e. The Balaban J connectivity index is 1.82. The van der Waals surface area contributed by atoms with Crippen LogP contribution in [0.2, 0.25) is 0 Å². The first kappa shape index (κ1) is 14.5. The monoisotopic (exact) mass is 297 g/mol. The normalized spacial score (nSPS) is 10.8. The summed E-state index contributed by atoms with van der Waals surface area (Å²) in [6.07, 6.45) is 0. The van der Waals surface area contributed by atoms with Gasteiger partial charge in [-0.2, -0.15) is 11.3 Å². The molecular weight excluding hydrogens is 278 g/mol. The predicted octanol–water partition coefficient (Wildman–Crippen LogP) is 2.58. The minimum absolute atomic E-state index is 0.731. The van der Waals surface area contributed by atoms with Gasteiger partial charge in [-0.15, -0.1) is 11.3 Å². The summed E-state index contributed by atoms with van der Waals surface area (Å²) in [6, 6.07) is 2.15. The van der Waals surface area contributed by atoms with Gasteiger partial charge in [-0.05, 0) is 22.4 Å². The van der Waals surface area contributed by atoms with E-state index in [-0.39, 0.29) is 0 Å². The van der Waals surface area contributed by atoms with Crippen molar-refractivity contribution < 1.29 is 4.74 Å². The molecule has 0 fully saturated rings. The van der Waals surface area contributed by atoms with Crippen LogP contribution in [-0.2, 0) is 17.8 Å². The summed E-state index contributed by atoms with van der Waals surface area (Å²) >= 11 is 3.42. The van der Waals surface area contributed by atoms with E-state index in [4.69, 9.17) is 4.74 Å². The van der Waals surface area contributed by atoms with Gasteiger partial charge in [-0.1, -0.05) is 0 Å². The van der Waals surface area contributed by atoms with Gasteiger partial charge in [-0.25, -0.2) is 4.98 Å². The van der Waals surface area contributed by atoms with E-state index in [1.54, 1.807) is 29.8 Å². The molecule has 0 aliphatic rings. The molecule has 2 heterocycles. The molecule has 4 nitrogen and oxygen atoms in total. The van der Waals surface area contributed by atoms with Crippen molar-refractivity contribution in [3.05, 3.63) is 33.5 Å². The highest BCUT2D eigenvalue weighted by atomic mass is 32.1. The second-order valence-electron chi connectivity index (χ2n) is 4.28. The zero-order valence-corrected chi connectivity index (χ0v) is 12.9. The van der Waals surface area contributed by atoms with E-state index in [1.165, 1.54) is 5.56 Å². The fraction of sp³-hybridized carbons (Fsp3) is 0.462. The predicted molar refractivity (Wildman–Crippen MR) is 82.1 cm³/mol. The molecule has 0 bridgehead atoms. The van der Waals surface area contributed by atoms with Crippen molar-refractivity contribution in [1.82, 2.24) is 10.3 Å². The number of methoxy groups -OCH3 is 1. The third kappa shape index (κ3) is 4.58. The van der Waals surface area contributed by atoms with E-state index in [0.717, 1.165) is 37.1 Å². The lowest BCUT2D eigenvalue weighted by atomic mass is 10.3. The molecule has 2 aromatic rings. The first-order valence-electron chi connectivity index (χ1n) is 6.16. The molecule has 0 aliphatic heterocycles. The van der Waals surface area contributed by atoms with Crippen LogP contribution in [0.4, 0.5) is 5.13 Å². The lowest BCUT2D eigenvalue weighted by Gasteiger charge is -2.14. The van der Waals surface area contributed by atoms with Gasteiger partial charge in [-0.3, -0.25) is 0 Å². The highest BCUT2D eigenvalue weighted by Gasteiger charge is 2.07. The fourth-order valence-corrected chi connectivity index (χ4v) is 3.12. The average molecular weight is 297 g/mol. The van der Waals surface area contributed by atoms with Crippen LogP contribution in [0, 0.1) is 0 Å². The van der Waals surface area contributed by atoms with Crippen molar-refractivity contribution in [1.29, 1.82) is 0 Å². The number of thiazole rings is 1. The average Bonchev–Trinajstić information content (AvgIpc) is 3.05. The number of rotatable bonds is 8. The maximum atomic E-state index is 4.99. The Bertz CT molecular complexity index is 470. The van der Waals surface area contributed by atoms with Crippen molar-refractivity contribution >= 4 is 27.8 Å². The summed E-state index contributed by atoms with van der Waals surface area (Å²) in [7, 11) is 3.79. The van der Waals surface area contributed by atoms with Gasteiger partial charge in [0.2, 0.25) is 0 Å². The Morgan fingerprint density at radius 1 is 1.42 bits per heavy atom. The van der Waals surface area contributed by atoms with Crippen molar-refractivity contribution in [2.24, 2.45) is 0 Å². The van der Waals surface area contributed by atoms with E-state index in [9.17, 15) is 0 Å². The molecule has 19 heavy (non-hydrogen) atoms. The van der Waals surface area contributed by atoms with Crippen molar-refractivity contribution in [3.63, 3.8) is 0 Å². The fourth-order valence-electron chi connectivity index (χ4n) is 1.67. The zero-order valence-electron chi connectivity index (χ0n) is 11.3. The van der Waals surface area contributed by atoms with Gasteiger partial charge >= 0.3 is 0 Å². The lowest BCUT2D eigenvalue weighted by molar-refractivity contribution is 0.199. The number of anilines is 1. The van der Waals surface area contributed by atoms with Crippen LogP contribution in [0.3, 0.4) is 0 Å². The lowest BCUT2D eigenvalue weighted by Crippen LogP contribution is -2.19. The molecule has 2 aromatic heterocycles. The number of ether oxygens (including phenoxy) is 1. The van der Waals surface area contributed by atoms with Gasteiger partial charge in [0.1, 0.15) is 0 Å². The number of thiophene rings is 1. The number of hydrogen-bond acceptors (Lipinski definition) is 6. The quantitative estimate of drug-likeness (QED) is 0.760. The van der Waals surface area contributed by atoms with Crippen molar-refractivity contribution in [2.75, 3.05) is 32.2 Å². The molecule has 0 aromatic carbocycles. The van der Waals surface area contributed by atoms with E-state index in [1.807, 2.05) is 0 Å². The molecule has 0 saturated heterocycles. The molecule has 0 aliphatic carbocycles. The van der Waals surface area contributed by atoms with E-state index >= 15 is 0 Å². The van der Waals surface area contributed by atoms with E-state index in [0.29, 0.717) is 0 Å². The standard InChI is InChI=1S/C13H19N3OS2/c1-16(8-11-3-6-18-9-11)13-15-12(10-19-13)7-14-4-5-17-2/h3,6,9-10,14H,4-5,7-8H2,1-2H3. The Morgan fingerprint density at radius 2 is 2.32 bits per heavy atom. The van der Waals surface area contributed by atoms with Crippen LogP contribution in [0.1, 0.15) is 11.3 Å². The van der Waals surface area contributed by atoms with Gasteiger partial charge in [0.25, 0.3) is 0 Å². The summed E-state index contributed by atoms with van der Waals surface area (Å²) in [5.74, 6) is 0. The second kappa shape index (κ2) is 7.59. The van der Waals surface area contributed by atoms with Crippen molar-refractivity contribution in [2.45, 2.75) is 13.1 Å². The Morgan fingerprint density at radius 3 is 3.05 bits per heavy atom. The Hall–Kier alpha value is -0.950. The third-order valence-electron chi connectivity index (χ3n) is 2.66. The molecular formula is C13H19N3OS2. The third-order valence-corrected chi connectivity index (χ3v) is 4.39. The molecule has 0 radical (unpaired) electrons. The van der Waals surface area contributed by atoms with Gasteiger partial charge < -0.3 is 15.0 Å². The minimum atomic E-state index is 0.731. The molecule has 0 atom stereocenters. The Kier molecular flexibility index (Phi) is 5.78. The largest absolute Gasteiger partial charge is 0.383 e. The summed E-state index contributed by atoms with van der Waals surface area (Å²) in [4.78, 5) is 6.82. The molecule has 0 saturated carbocycles. The minimum Gasteiger partial charge on any atom is -0.383 e.